The summed E-state index contributed by atoms with van der Waals surface area (Å²) in [7, 11) is 3.04. The van der Waals surface area contributed by atoms with Gasteiger partial charge in [-0.3, -0.25) is 9.59 Å². The third-order valence-corrected chi connectivity index (χ3v) is 4.03. The highest BCUT2D eigenvalue weighted by Gasteiger charge is 2.38. The number of amides is 2. The van der Waals surface area contributed by atoms with Gasteiger partial charge in [0, 0.05) is 0 Å². The number of benzene rings is 2. The molecule has 0 saturated heterocycles. The maximum absolute atomic E-state index is 12.2. The largest absolute Gasteiger partial charge is 0.493 e. The second kappa shape index (κ2) is 7.26. The van der Waals surface area contributed by atoms with Crippen LogP contribution in [0.3, 0.4) is 0 Å². The SMILES string of the molecule is COc1cccc(CCC(=O)ON2C(=O)c3ccccc3C2=O)c1OC. The van der Waals surface area contributed by atoms with Crippen molar-refractivity contribution in [3.63, 3.8) is 0 Å². The maximum Gasteiger partial charge on any atom is 0.333 e. The maximum atomic E-state index is 12.2. The Bertz CT molecular complexity index is 841. The summed E-state index contributed by atoms with van der Waals surface area (Å²) in [5, 5.41) is 0.510. The molecule has 3 rings (SSSR count). The van der Waals surface area contributed by atoms with E-state index in [1.165, 1.54) is 26.4 Å². The van der Waals surface area contributed by atoms with Gasteiger partial charge in [0.25, 0.3) is 11.8 Å². The molecule has 0 N–H and O–H groups in total. The van der Waals surface area contributed by atoms with E-state index in [0.29, 0.717) is 23.0 Å². The quantitative estimate of drug-likeness (QED) is 0.740. The zero-order valence-electron chi connectivity index (χ0n) is 14.4. The summed E-state index contributed by atoms with van der Waals surface area (Å²) in [6.45, 7) is 0. The Morgan fingerprint density at radius 3 is 2.15 bits per heavy atom. The van der Waals surface area contributed by atoms with E-state index in [-0.39, 0.29) is 17.5 Å². The standard InChI is InChI=1S/C19H17NO6/c1-24-15-9-5-6-12(17(15)25-2)10-11-16(21)26-20-18(22)13-7-3-4-8-14(13)19(20)23/h3-9H,10-11H2,1-2H3. The van der Waals surface area contributed by atoms with E-state index in [9.17, 15) is 14.4 Å². The van der Waals surface area contributed by atoms with Crippen LogP contribution in [0.5, 0.6) is 11.5 Å². The number of imide groups is 1. The predicted molar refractivity (Wildman–Crippen MR) is 90.9 cm³/mol. The van der Waals surface area contributed by atoms with Gasteiger partial charge in [0.15, 0.2) is 11.5 Å². The number of rotatable bonds is 6. The Morgan fingerprint density at radius 1 is 0.923 bits per heavy atom. The number of fused-ring (bicyclic) bond motifs is 1. The molecule has 0 fully saturated rings. The van der Waals surface area contributed by atoms with Crippen molar-refractivity contribution in [2.24, 2.45) is 0 Å². The fourth-order valence-corrected chi connectivity index (χ4v) is 2.78. The molecule has 1 aliphatic rings. The van der Waals surface area contributed by atoms with E-state index in [1.807, 2.05) is 0 Å². The number of carbonyl (C=O) groups is 3. The van der Waals surface area contributed by atoms with Gasteiger partial charge in [0.2, 0.25) is 0 Å². The summed E-state index contributed by atoms with van der Waals surface area (Å²) in [6.07, 6.45) is 0.277. The third kappa shape index (κ3) is 3.11. The number of nitrogens with zero attached hydrogens (tertiary/aromatic N) is 1. The molecule has 2 aromatic carbocycles. The Balaban J connectivity index is 1.66. The van der Waals surface area contributed by atoms with E-state index in [0.717, 1.165) is 5.56 Å². The van der Waals surface area contributed by atoms with Crippen molar-refractivity contribution in [1.29, 1.82) is 0 Å². The molecular formula is C19H17NO6. The summed E-state index contributed by atoms with van der Waals surface area (Å²) < 4.78 is 10.5. The van der Waals surface area contributed by atoms with E-state index in [4.69, 9.17) is 14.3 Å². The number of aryl methyl sites for hydroxylation is 1. The normalized spacial score (nSPS) is 12.8. The molecule has 134 valence electrons. The molecule has 0 atom stereocenters. The van der Waals surface area contributed by atoms with E-state index < -0.39 is 17.8 Å². The molecule has 26 heavy (non-hydrogen) atoms. The first-order valence-electron chi connectivity index (χ1n) is 7.95. The number of hydroxylamine groups is 2. The predicted octanol–water partition coefficient (Wildman–Crippen LogP) is 2.39. The zero-order chi connectivity index (χ0) is 18.7. The van der Waals surface area contributed by atoms with Crippen molar-refractivity contribution >= 4 is 17.8 Å². The molecule has 2 amide bonds. The van der Waals surface area contributed by atoms with Gasteiger partial charge in [-0.05, 0) is 30.2 Å². The molecule has 0 unspecified atom stereocenters. The summed E-state index contributed by atoms with van der Waals surface area (Å²) in [5.74, 6) is -0.887. The smallest absolute Gasteiger partial charge is 0.333 e. The molecule has 1 aliphatic heterocycles. The van der Waals surface area contributed by atoms with Gasteiger partial charge in [-0.25, -0.2) is 4.79 Å². The van der Waals surface area contributed by atoms with E-state index >= 15 is 0 Å². The fourth-order valence-electron chi connectivity index (χ4n) is 2.78. The van der Waals surface area contributed by atoms with Gasteiger partial charge in [0.05, 0.1) is 31.8 Å². The van der Waals surface area contributed by atoms with Crippen LogP contribution >= 0.6 is 0 Å². The number of ether oxygens (including phenoxy) is 2. The first-order valence-corrected chi connectivity index (χ1v) is 7.95. The van der Waals surface area contributed by atoms with Crippen molar-refractivity contribution in [3.8, 4) is 11.5 Å². The van der Waals surface area contributed by atoms with Crippen LogP contribution in [0.25, 0.3) is 0 Å². The average Bonchev–Trinajstić information content (AvgIpc) is 2.91. The lowest BCUT2D eigenvalue weighted by atomic mass is 10.1. The van der Waals surface area contributed by atoms with Crippen molar-refractivity contribution in [2.45, 2.75) is 12.8 Å². The second-order valence-corrected chi connectivity index (χ2v) is 5.57. The molecule has 0 bridgehead atoms. The van der Waals surface area contributed by atoms with Gasteiger partial charge in [0.1, 0.15) is 0 Å². The Morgan fingerprint density at radius 2 is 1.58 bits per heavy atom. The minimum Gasteiger partial charge on any atom is -0.493 e. The van der Waals surface area contributed by atoms with Crippen LogP contribution < -0.4 is 9.47 Å². The molecule has 7 heteroatoms. The first-order chi connectivity index (χ1) is 12.6. The van der Waals surface area contributed by atoms with Crippen LogP contribution in [0, 0.1) is 0 Å². The first kappa shape index (κ1) is 17.5. The summed E-state index contributed by atoms with van der Waals surface area (Å²) in [6, 6.07) is 11.7. The second-order valence-electron chi connectivity index (χ2n) is 5.57. The van der Waals surface area contributed by atoms with Crippen molar-refractivity contribution in [2.75, 3.05) is 14.2 Å². The number of carbonyl (C=O) groups excluding carboxylic acids is 3. The minimum absolute atomic E-state index is 0.0308. The van der Waals surface area contributed by atoms with Crippen LogP contribution in [0.2, 0.25) is 0 Å². The van der Waals surface area contributed by atoms with Crippen molar-refractivity contribution < 1.29 is 28.7 Å². The highest BCUT2D eigenvalue weighted by atomic mass is 16.7. The molecule has 1 heterocycles. The average molecular weight is 355 g/mol. The van der Waals surface area contributed by atoms with Crippen molar-refractivity contribution in [3.05, 3.63) is 59.2 Å². The van der Waals surface area contributed by atoms with Gasteiger partial charge < -0.3 is 14.3 Å². The Hall–Kier alpha value is -3.35. The third-order valence-electron chi connectivity index (χ3n) is 4.03. The van der Waals surface area contributed by atoms with Gasteiger partial charge in [-0.2, -0.15) is 0 Å². The minimum atomic E-state index is -0.690. The molecule has 7 nitrogen and oxygen atoms in total. The Kier molecular flexibility index (Phi) is 4.88. The topological polar surface area (TPSA) is 82.1 Å². The number of hydrogen-bond donors (Lipinski definition) is 0. The fraction of sp³-hybridized carbons (Fsp3) is 0.211. The van der Waals surface area contributed by atoms with Crippen LogP contribution in [0.1, 0.15) is 32.7 Å². The lowest BCUT2D eigenvalue weighted by Gasteiger charge is -2.14. The number of methoxy groups -OCH3 is 2. The van der Waals surface area contributed by atoms with Crippen LogP contribution in [0.15, 0.2) is 42.5 Å². The van der Waals surface area contributed by atoms with Crippen LogP contribution in [-0.2, 0) is 16.1 Å². The van der Waals surface area contributed by atoms with E-state index in [2.05, 4.69) is 0 Å². The van der Waals surface area contributed by atoms with Gasteiger partial charge in [-0.1, -0.05) is 29.3 Å². The molecule has 0 spiro atoms. The van der Waals surface area contributed by atoms with Crippen LogP contribution in [-0.4, -0.2) is 37.1 Å². The van der Waals surface area contributed by atoms with E-state index in [1.54, 1.807) is 30.3 Å². The van der Waals surface area contributed by atoms with Crippen molar-refractivity contribution in [1.82, 2.24) is 5.06 Å². The molecular weight excluding hydrogens is 338 g/mol. The highest BCUT2D eigenvalue weighted by molar-refractivity contribution is 6.20. The number of para-hydroxylation sites is 1. The summed E-state index contributed by atoms with van der Waals surface area (Å²) >= 11 is 0. The highest BCUT2D eigenvalue weighted by Crippen LogP contribution is 2.31. The summed E-state index contributed by atoms with van der Waals surface area (Å²) in [4.78, 5) is 41.5. The monoisotopic (exact) mass is 355 g/mol. The zero-order valence-corrected chi connectivity index (χ0v) is 14.4. The Labute approximate surface area is 150 Å². The van der Waals surface area contributed by atoms with Crippen LogP contribution in [0.4, 0.5) is 0 Å². The molecule has 2 aromatic rings. The van der Waals surface area contributed by atoms with Gasteiger partial charge in [-0.15, -0.1) is 0 Å². The molecule has 0 aromatic heterocycles. The van der Waals surface area contributed by atoms with Gasteiger partial charge >= 0.3 is 5.97 Å². The lowest BCUT2D eigenvalue weighted by molar-refractivity contribution is -0.168. The molecule has 0 aliphatic carbocycles. The summed E-state index contributed by atoms with van der Waals surface area (Å²) in [5.41, 5.74) is 1.20. The lowest BCUT2D eigenvalue weighted by Crippen LogP contribution is -2.32. The number of hydrogen-bond acceptors (Lipinski definition) is 6. The molecule has 0 saturated carbocycles. The molecule has 0 radical (unpaired) electrons.